The molecule has 2 aromatic carbocycles. The topological polar surface area (TPSA) is 106 Å². The van der Waals surface area contributed by atoms with E-state index in [0.717, 1.165) is 0 Å². The van der Waals surface area contributed by atoms with Crippen LogP contribution in [0.15, 0.2) is 66.4 Å². The Morgan fingerprint density at radius 1 is 1.15 bits per heavy atom. The van der Waals surface area contributed by atoms with Crippen molar-refractivity contribution in [3.8, 4) is 11.8 Å². The molecule has 1 heterocycles. The number of pyridine rings is 1. The predicted octanol–water partition coefficient (Wildman–Crippen LogP) is 2.65. The maximum atomic E-state index is 12.3. The zero-order valence-corrected chi connectivity index (χ0v) is 13.6. The van der Waals surface area contributed by atoms with E-state index in [1.165, 1.54) is 12.1 Å². The molecule has 1 atom stereocenters. The number of phenolic OH excluding ortho intramolecular Hbond substituents is 1. The highest BCUT2D eigenvalue weighted by molar-refractivity contribution is 6.04. The van der Waals surface area contributed by atoms with Crippen LogP contribution in [0.3, 0.4) is 0 Å². The highest BCUT2D eigenvalue weighted by atomic mass is 16.3. The fourth-order valence-electron chi connectivity index (χ4n) is 2.53. The van der Waals surface area contributed by atoms with Crippen LogP contribution in [0, 0.1) is 11.3 Å². The first-order chi connectivity index (χ1) is 12.6. The summed E-state index contributed by atoms with van der Waals surface area (Å²) in [5.41, 5.74) is 1.28. The quantitative estimate of drug-likeness (QED) is 0.383. The molecule has 3 aromatic rings. The van der Waals surface area contributed by atoms with Crippen molar-refractivity contribution in [3.05, 3.63) is 77.5 Å². The number of fused-ring (bicyclic) bond motifs is 1. The number of nitriles is 1. The Kier molecular flexibility index (Phi) is 4.92. The van der Waals surface area contributed by atoms with E-state index in [9.17, 15) is 20.3 Å². The van der Waals surface area contributed by atoms with Gasteiger partial charge in [-0.2, -0.15) is 5.26 Å². The molecule has 3 N–H and O–H groups in total. The number of carbonyl (C=O) groups is 1. The van der Waals surface area contributed by atoms with E-state index in [1.807, 2.05) is 6.07 Å². The van der Waals surface area contributed by atoms with E-state index in [-0.39, 0.29) is 11.3 Å². The third-order valence-corrected chi connectivity index (χ3v) is 3.83. The van der Waals surface area contributed by atoms with Crippen molar-refractivity contribution < 1.29 is 15.0 Å². The molecule has 1 unspecified atom stereocenters. The fraction of sp³-hybridized carbons (Fsp3) is 0.0500. The van der Waals surface area contributed by atoms with Crippen molar-refractivity contribution in [1.82, 2.24) is 10.3 Å². The summed E-state index contributed by atoms with van der Waals surface area (Å²) in [5, 5.41) is 32.3. The molecule has 128 valence electrons. The second kappa shape index (κ2) is 7.47. The lowest BCUT2D eigenvalue weighted by Gasteiger charge is -2.12. The van der Waals surface area contributed by atoms with E-state index in [4.69, 9.17) is 0 Å². The molecule has 0 saturated heterocycles. The molecule has 1 aromatic heterocycles. The van der Waals surface area contributed by atoms with Gasteiger partial charge in [0, 0.05) is 17.1 Å². The zero-order valence-electron chi connectivity index (χ0n) is 13.6. The number of aliphatic hydroxyl groups excluding tert-OH is 1. The van der Waals surface area contributed by atoms with Gasteiger partial charge in [0.1, 0.15) is 22.9 Å². The number of rotatable bonds is 4. The summed E-state index contributed by atoms with van der Waals surface area (Å²) >= 11 is 0. The average Bonchev–Trinajstić information content (AvgIpc) is 2.68. The Bertz CT molecular complexity index is 1020. The number of nitrogens with zero attached hydrogens (tertiary/aromatic N) is 2. The van der Waals surface area contributed by atoms with Crippen LogP contribution >= 0.6 is 0 Å². The maximum Gasteiger partial charge on any atom is 0.264 e. The van der Waals surface area contributed by atoms with Gasteiger partial charge in [0.15, 0.2) is 6.23 Å². The van der Waals surface area contributed by atoms with Gasteiger partial charge in [0.05, 0.1) is 0 Å². The number of aliphatic hydroxyl groups is 1. The van der Waals surface area contributed by atoms with Crippen LogP contribution in [0.2, 0.25) is 0 Å². The summed E-state index contributed by atoms with van der Waals surface area (Å²) in [6.07, 6.45) is 1.72. The van der Waals surface area contributed by atoms with Gasteiger partial charge in [-0.1, -0.05) is 42.5 Å². The Morgan fingerprint density at radius 3 is 2.65 bits per heavy atom. The SMILES string of the molecule is N#CC(=Cc1ccc(O)c2ncccc12)C(=O)NC(O)c1ccccc1. The summed E-state index contributed by atoms with van der Waals surface area (Å²) < 4.78 is 0. The minimum absolute atomic E-state index is 0.0141. The molecular formula is C20H15N3O3. The van der Waals surface area contributed by atoms with Crippen LogP contribution < -0.4 is 5.32 Å². The fourth-order valence-corrected chi connectivity index (χ4v) is 2.53. The monoisotopic (exact) mass is 345 g/mol. The van der Waals surface area contributed by atoms with Gasteiger partial charge in [0.2, 0.25) is 0 Å². The number of carbonyl (C=O) groups excluding carboxylic acids is 1. The summed E-state index contributed by atoms with van der Waals surface area (Å²) in [7, 11) is 0. The van der Waals surface area contributed by atoms with Crippen LogP contribution in [-0.2, 0) is 4.79 Å². The summed E-state index contributed by atoms with van der Waals surface area (Å²) in [5.74, 6) is -0.686. The first-order valence-electron chi connectivity index (χ1n) is 7.82. The molecule has 0 radical (unpaired) electrons. The van der Waals surface area contributed by atoms with Gasteiger partial charge in [-0.15, -0.1) is 0 Å². The average molecular weight is 345 g/mol. The predicted molar refractivity (Wildman–Crippen MR) is 96.5 cm³/mol. The number of nitrogens with one attached hydrogen (secondary N) is 1. The molecule has 0 aliphatic heterocycles. The third-order valence-electron chi connectivity index (χ3n) is 3.83. The normalized spacial score (nSPS) is 12.4. The van der Waals surface area contributed by atoms with Crippen LogP contribution in [0.4, 0.5) is 0 Å². The smallest absolute Gasteiger partial charge is 0.264 e. The van der Waals surface area contributed by atoms with Gasteiger partial charge in [-0.3, -0.25) is 9.78 Å². The number of hydrogen-bond acceptors (Lipinski definition) is 5. The number of aromatic nitrogens is 1. The zero-order chi connectivity index (χ0) is 18.5. The van der Waals surface area contributed by atoms with Crippen LogP contribution in [0.25, 0.3) is 17.0 Å². The third kappa shape index (κ3) is 3.53. The molecule has 0 fully saturated rings. The molecule has 0 spiro atoms. The van der Waals surface area contributed by atoms with Crippen molar-refractivity contribution in [2.45, 2.75) is 6.23 Å². The lowest BCUT2D eigenvalue weighted by atomic mass is 10.0. The van der Waals surface area contributed by atoms with Crippen molar-refractivity contribution in [1.29, 1.82) is 5.26 Å². The second-order valence-electron chi connectivity index (χ2n) is 5.53. The van der Waals surface area contributed by atoms with Gasteiger partial charge in [-0.25, -0.2) is 0 Å². The number of phenols is 1. The Hall–Kier alpha value is -3.69. The van der Waals surface area contributed by atoms with Crippen LogP contribution in [-0.4, -0.2) is 21.1 Å². The molecule has 6 nitrogen and oxygen atoms in total. The van der Waals surface area contributed by atoms with Crippen molar-refractivity contribution in [2.24, 2.45) is 0 Å². The van der Waals surface area contributed by atoms with Crippen molar-refractivity contribution in [2.75, 3.05) is 0 Å². The Labute approximate surface area is 149 Å². The molecule has 0 bridgehead atoms. The molecule has 0 saturated carbocycles. The Morgan fingerprint density at radius 2 is 1.92 bits per heavy atom. The van der Waals surface area contributed by atoms with Gasteiger partial charge in [-0.05, 0) is 23.8 Å². The highest BCUT2D eigenvalue weighted by Gasteiger charge is 2.15. The van der Waals surface area contributed by atoms with Gasteiger partial charge < -0.3 is 15.5 Å². The molecule has 6 heteroatoms. The molecule has 0 aliphatic carbocycles. The number of hydrogen-bond donors (Lipinski definition) is 3. The number of benzene rings is 2. The second-order valence-corrected chi connectivity index (χ2v) is 5.53. The minimum atomic E-state index is -1.22. The van der Waals surface area contributed by atoms with Crippen LogP contribution in [0.5, 0.6) is 5.75 Å². The first kappa shape index (κ1) is 17.1. The van der Waals surface area contributed by atoms with Crippen molar-refractivity contribution >= 4 is 22.9 Å². The summed E-state index contributed by atoms with van der Waals surface area (Å²) in [4.78, 5) is 16.4. The van der Waals surface area contributed by atoms with E-state index >= 15 is 0 Å². The lowest BCUT2D eigenvalue weighted by molar-refractivity contribution is -0.120. The minimum Gasteiger partial charge on any atom is -0.506 e. The van der Waals surface area contributed by atoms with E-state index < -0.39 is 12.1 Å². The summed E-state index contributed by atoms with van der Waals surface area (Å²) in [6, 6.07) is 16.9. The number of amides is 1. The first-order valence-corrected chi connectivity index (χ1v) is 7.82. The van der Waals surface area contributed by atoms with E-state index in [0.29, 0.717) is 22.0 Å². The van der Waals surface area contributed by atoms with E-state index in [1.54, 1.807) is 54.7 Å². The van der Waals surface area contributed by atoms with Gasteiger partial charge in [0.25, 0.3) is 5.91 Å². The summed E-state index contributed by atoms with van der Waals surface area (Å²) in [6.45, 7) is 0. The highest BCUT2D eigenvalue weighted by Crippen LogP contribution is 2.27. The van der Waals surface area contributed by atoms with Crippen molar-refractivity contribution in [3.63, 3.8) is 0 Å². The molecule has 26 heavy (non-hydrogen) atoms. The molecule has 1 amide bonds. The lowest BCUT2D eigenvalue weighted by Crippen LogP contribution is -2.29. The molecule has 0 aliphatic rings. The number of aromatic hydroxyl groups is 1. The molecule has 3 rings (SSSR count). The van der Waals surface area contributed by atoms with Gasteiger partial charge >= 0.3 is 0 Å². The standard InChI is InChI=1S/C20H15N3O3/c21-12-15(20(26)23-19(25)13-5-2-1-3-6-13)11-14-8-9-17(24)18-16(14)7-4-10-22-18/h1-11,19,24-25H,(H,23,26). The Balaban J connectivity index is 1.91. The molecular weight excluding hydrogens is 330 g/mol. The van der Waals surface area contributed by atoms with E-state index in [2.05, 4.69) is 10.3 Å². The van der Waals surface area contributed by atoms with Crippen LogP contribution in [0.1, 0.15) is 17.4 Å². The maximum absolute atomic E-state index is 12.3. The largest absolute Gasteiger partial charge is 0.506 e.